The van der Waals surface area contributed by atoms with Crippen molar-refractivity contribution in [2.45, 2.75) is 6.61 Å². The quantitative estimate of drug-likeness (QED) is 0.519. The number of hydrogen-bond donors (Lipinski definition) is 1. The van der Waals surface area contributed by atoms with Crippen LogP contribution in [0.5, 0.6) is 5.75 Å². The molecule has 6 nitrogen and oxygen atoms in total. The molecule has 2 aromatic carbocycles. The number of nitrogens with one attached hydrogen (secondary N) is 1. The largest absolute Gasteiger partial charge is 0.488 e. The molecule has 0 saturated carbocycles. The van der Waals surface area contributed by atoms with Crippen LogP contribution in [-0.4, -0.2) is 20.5 Å². The number of aromatic nitrogens is 3. The van der Waals surface area contributed by atoms with Crippen molar-refractivity contribution in [1.82, 2.24) is 14.6 Å². The number of para-hydroxylation sites is 1. The minimum atomic E-state index is -0.307. The maximum absolute atomic E-state index is 12.8. The summed E-state index contributed by atoms with van der Waals surface area (Å²) in [4.78, 5) is 12.8. The number of carbonyl (C=O) groups is 1. The van der Waals surface area contributed by atoms with E-state index in [1.807, 2.05) is 48.5 Å². The molecule has 1 amide bonds. The highest BCUT2D eigenvalue weighted by Gasteiger charge is 2.15. The van der Waals surface area contributed by atoms with Gasteiger partial charge in [-0.05, 0) is 42.0 Å². The Labute approximate surface area is 163 Å². The number of benzene rings is 2. The van der Waals surface area contributed by atoms with Crippen molar-refractivity contribution < 1.29 is 9.53 Å². The van der Waals surface area contributed by atoms with Crippen LogP contribution in [0.2, 0.25) is 0 Å². The van der Waals surface area contributed by atoms with Crippen LogP contribution in [0.15, 0.2) is 77.4 Å². The van der Waals surface area contributed by atoms with Crippen LogP contribution in [0.4, 0.5) is 5.95 Å². The molecule has 0 aliphatic rings. The first-order chi connectivity index (χ1) is 13.2. The molecular formula is C20H15BrN4O2. The molecule has 2 aromatic heterocycles. The molecule has 0 spiro atoms. The zero-order valence-electron chi connectivity index (χ0n) is 14.2. The number of amides is 1. The summed E-state index contributed by atoms with van der Waals surface area (Å²) >= 11 is 3.44. The van der Waals surface area contributed by atoms with Crippen LogP contribution < -0.4 is 10.1 Å². The summed E-state index contributed by atoms with van der Waals surface area (Å²) in [7, 11) is 0. The number of nitrogens with zero attached hydrogens (tertiary/aromatic N) is 3. The minimum absolute atomic E-state index is 0.307. The number of ether oxygens (including phenoxy) is 1. The van der Waals surface area contributed by atoms with Gasteiger partial charge in [-0.1, -0.05) is 46.3 Å². The molecule has 0 fully saturated rings. The Morgan fingerprint density at radius 1 is 1.04 bits per heavy atom. The molecule has 2 heterocycles. The van der Waals surface area contributed by atoms with Gasteiger partial charge in [0.1, 0.15) is 12.4 Å². The maximum Gasteiger partial charge on any atom is 0.261 e. The predicted octanol–water partition coefficient (Wildman–Crippen LogP) is 4.32. The van der Waals surface area contributed by atoms with Gasteiger partial charge >= 0.3 is 0 Å². The van der Waals surface area contributed by atoms with E-state index in [4.69, 9.17) is 4.74 Å². The number of halogens is 1. The van der Waals surface area contributed by atoms with Crippen molar-refractivity contribution in [1.29, 1.82) is 0 Å². The minimum Gasteiger partial charge on any atom is -0.488 e. The van der Waals surface area contributed by atoms with Gasteiger partial charge in [-0.25, -0.2) is 0 Å². The van der Waals surface area contributed by atoms with Crippen molar-refractivity contribution in [2.24, 2.45) is 0 Å². The lowest BCUT2D eigenvalue weighted by Crippen LogP contribution is -2.15. The molecule has 27 heavy (non-hydrogen) atoms. The highest BCUT2D eigenvalue weighted by molar-refractivity contribution is 9.10. The Bertz CT molecular complexity index is 1110. The lowest BCUT2D eigenvalue weighted by atomic mass is 10.2. The topological polar surface area (TPSA) is 68.5 Å². The fourth-order valence-corrected chi connectivity index (χ4v) is 3.11. The molecule has 0 aliphatic carbocycles. The Hall–Kier alpha value is -3.19. The molecule has 4 aromatic rings. The number of rotatable bonds is 5. The summed E-state index contributed by atoms with van der Waals surface area (Å²) in [6, 6.07) is 20.5. The molecule has 4 rings (SSSR count). The van der Waals surface area contributed by atoms with Gasteiger partial charge in [-0.2, -0.15) is 0 Å². The van der Waals surface area contributed by atoms with E-state index in [2.05, 4.69) is 31.4 Å². The van der Waals surface area contributed by atoms with Crippen molar-refractivity contribution in [3.63, 3.8) is 0 Å². The van der Waals surface area contributed by atoms with Crippen LogP contribution in [0.1, 0.15) is 15.9 Å². The summed E-state index contributed by atoms with van der Waals surface area (Å²) < 4.78 is 8.57. The maximum atomic E-state index is 12.8. The number of carbonyl (C=O) groups excluding carboxylic acids is 1. The third-order valence-electron chi connectivity index (χ3n) is 3.95. The molecule has 0 bridgehead atoms. The zero-order chi connectivity index (χ0) is 18.6. The third-order valence-corrected chi connectivity index (χ3v) is 4.45. The number of anilines is 1. The predicted molar refractivity (Wildman–Crippen MR) is 106 cm³/mol. The lowest BCUT2D eigenvalue weighted by Gasteiger charge is -2.11. The van der Waals surface area contributed by atoms with E-state index in [1.54, 1.807) is 28.8 Å². The summed E-state index contributed by atoms with van der Waals surface area (Å²) in [5.74, 6) is 0.555. The van der Waals surface area contributed by atoms with Crippen LogP contribution in [0, 0.1) is 0 Å². The molecular weight excluding hydrogens is 408 g/mol. The van der Waals surface area contributed by atoms with Crippen molar-refractivity contribution in [3.8, 4) is 5.75 Å². The fraction of sp³-hybridized carbons (Fsp3) is 0.0500. The first kappa shape index (κ1) is 17.2. The molecule has 134 valence electrons. The Balaban J connectivity index is 1.54. The van der Waals surface area contributed by atoms with Gasteiger partial charge < -0.3 is 4.74 Å². The molecule has 0 unspecified atom stereocenters. The lowest BCUT2D eigenvalue weighted by molar-refractivity contribution is 0.102. The van der Waals surface area contributed by atoms with Crippen molar-refractivity contribution >= 4 is 33.4 Å². The number of fused-ring (bicyclic) bond motifs is 1. The summed E-state index contributed by atoms with van der Waals surface area (Å²) in [5.41, 5.74) is 2.09. The Morgan fingerprint density at radius 2 is 1.89 bits per heavy atom. The fourth-order valence-electron chi connectivity index (χ4n) is 2.66. The Kier molecular flexibility index (Phi) is 4.84. The van der Waals surface area contributed by atoms with Crippen molar-refractivity contribution in [3.05, 3.63) is 88.5 Å². The van der Waals surface area contributed by atoms with Gasteiger partial charge in [-0.3, -0.25) is 14.5 Å². The second kappa shape index (κ2) is 7.59. The molecule has 0 radical (unpaired) electrons. The van der Waals surface area contributed by atoms with Crippen molar-refractivity contribution in [2.75, 3.05) is 5.32 Å². The smallest absolute Gasteiger partial charge is 0.261 e. The van der Waals surface area contributed by atoms with E-state index in [0.29, 0.717) is 29.5 Å². The van der Waals surface area contributed by atoms with Crippen LogP contribution >= 0.6 is 15.9 Å². The van der Waals surface area contributed by atoms with Gasteiger partial charge in [0.25, 0.3) is 5.91 Å². The van der Waals surface area contributed by atoms with E-state index in [-0.39, 0.29) is 5.91 Å². The standard InChI is InChI=1S/C20H15BrN4O2/c21-15-7-5-6-14(12-15)13-27-17-9-2-1-8-16(17)19(26)22-20-24-23-18-10-3-4-11-25(18)20/h1-12H,13H2,(H,22,24,26). The average Bonchev–Trinajstić information content (AvgIpc) is 3.10. The van der Waals surface area contributed by atoms with Gasteiger partial charge in [0.05, 0.1) is 5.56 Å². The second-order valence-corrected chi connectivity index (χ2v) is 6.74. The average molecular weight is 423 g/mol. The number of pyridine rings is 1. The molecule has 0 saturated heterocycles. The molecule has 1 N–H and O–H groups in total. The van der Waals surface area contributed by atoms with E-state index in [1.165, 1.54) is 0 Å². The summed E-state index contributed by atoms with van der Waals surface area (Å²) in [6.07, 6.45) is 1.79. The van der Waals surface area contributed by atoms with Crippen LogP contribution in [0.25, 0.3) is 5.65 Å². The SMILES string of the molecule is O=C(Nc1nnc2ccccn12)c1ccccc1OCc1cccc(Br)c1. The summed E-state index contributed by atoms with van der Waals surface area (Å²) in [5, 5.41) is 10.9. The number of hydrogen-bond acceptors (Lipinski definition) is 4. The first-order valence-electron chi connectivity index (χ1n) is 8.28. The van der Waals surface area contributed by atoms with E-state index in [0.717, 1.165) is 10.0 Å². The van der Waals surface area contributed by atoms with Crippen LogP contribution in [-0.2, 0) is 6.61 Å². The highest BCUT2D eigenvalue weighted by atomic mass is 79.9. The van der Waals surface area contributed by atoms with E-state index >= 15 is 0 Å². The molecule has 0 aliphatic heterocycles. The van der Waals surface area contributed by atoms with Gasteiger partial charge in [0.2, 0.25) is 5.95 Å². The van der Waals surface area contributed by atoms with E-state index < -0.39 is 0 Å². The summed E-state index contributed by atoms with van der Waals surface area (Å²) in [6.45, 7) is 0.359. The normalized spacial score (nSPS) is 10.7. The van der Waals surface area contributed by atoms with Gasteiger partial charge in [-0.15, -0.1) is 10.2 Å². The highest BCUT2D eigenvalue weighted by Crippen LogP contribution is 2.21. The van der Waals surface area contributed by atoms with Gasteiger partial charge in [0.15, 0.2) is 5.65 Å². The van der Waals surface area contributed by atoms with Gasteiger partial charge in [0, 0.05) is 10.7 Å². The first-order valence-corrected chi connectivity index (χ1v) is 9.07. The monoisotopic (exact) mass is 422 g/mol. The zero-order valence-corrected chi connectivity index (χ0v) is 15.8. The van der Waals surface area contributed by atoms with Crippen LogP contribution in [0.3, 0.4) is 0 Å². The third kappa shape index (κ3) is 3.83. The molecule has 0 atom stereocenters. The van der Waals surface area contributed by atoms with E-state index in [9.17, 15) is 4.79 Å². The Morgan fingerprint density at radius 3 is 2.78 bits per heavy atom. The second-order valence-electron chi connectivity index (χ2n) is 5.82. The molecule has 7 heteroatoms.